The van der Waals surface area contributed by atoms with E-state index in [0.29, 0.717) is 11.3 Å². The van der Waals surface area contributed by atoms with E-state index in [2.05, 4.69) is 0 Å². The molecule has 1 aromatic carbocycles. The van der Waals surface area contributed by atoms with Crippen LogP contribution in [0.4, 0.5) is 0 Å². The summed E-state index contributed by atoms with van der Waals surface area (Å²) in [6, 6.07) is 4.06. The minimum Gasteiger partial charge on any atom is -0.427 e. The first-order valence-corrected chi connectivity index (χ1v) is 10.2. The number of rotatable bonds is 6. The first kappa shape index (κ1) is 21.5. The smallest absolute Gasteiger partial charge is 0.314 e. The Morgan fingerprint density at radius 2 is 1.76 bits per heavy atom. The largest absolute Gasteiger partial charge is 0.427 e. The van der Waals surface area contributed by atoms with E-state index in [1.54, 1.807) is 6.92 Å². The van der Waals surface area contributed by atoms with Crippen molar-refractivity contribution in [1.82, 2.24) is 5.06 Å². The number of hydrogen-bond donors (Lipinski definition) is 0. The predicted molar refractivity (Wildman–Crippen MR) is 109 cm³/mol. The number of carbonyl (C=O) groups is 2. The third kappa shape index (κ3) is 3.83. The van der Waals surface area contributed by atoms with Crippen molar-refractivity contribution in [3.63, 3.8) is 0 Å². The molecule has 6 nitrogen and oxygen atoms in total. The second-order valence-corrected chi connectivity index (χ2v) is 8.59. The molecular weight excluding hydrogens is 370 g/mol. The Morgan fingerprint density at radius 3 is 2.24 bits per heavy atom. The lowest BCUT2D eigenvalue weighted by molar-refractivity contribution is -0.276. The van der Waals surface area contributed by atoms with Gasteiger partial charge in [0.15, 0.2) is 6.29 Å². The number of ether oxygens (including phenoxy) is 2. The molecule has 0 aromatic heterocycles. The topological polar surface area (TPSA) is 65.1 Å². The quantitative estimate of drug-likeness (QED) is 0.528. The SMILES string of the molecule is COC(C)ON1C(=O)C(c2c(C)cc(C)cc2C)=C(OC(=O)C2CCC2)C1(C)C. The molecule has 3 rings (SSSR count). The number of carbonyl (C=O) groups excluding carboxylic acids is 2. The summed E-state index contributed by atoms with van der Waals surface area (Å²) in [4.78, 5) is 32.0. The molecule has 0 radical (unpaired) electrons. The Kier molecular flexibility index (Phi) is 5.88. The Balaban J connectivity index is 2.13. The molecule has 0 spiro atoms. The molecule has 1 fully saturated rings. The number of amides is 1. The fraction of sp³-hybridized carbons (Fsp3) is 0.565. The highest BCUT2D eigenvalue weighted by molar-refractivity contribution is 6.23. The van der Waals surface area contributed by atoms with Crippen molar-refractivity contribution in [3.8, 4) is 0 Å². The summed E-state index contributed by atoms with van der Waals surface area (Å²) in [5, 5.41) is 1.28. The number of nitrogens with zero attached hydrogens (tertiary/aromatic N) is 1. The minimum atomic E-state index is -0.956. The zero-order chi connectivity index (χ0) is 21.5. The second kappa shape index (κ2) is 7.92. The fourth-order valence-corrected chi connectivity index (χ4v) is 4.02. The van der Waals surface area contributed by atoms with E-state index < -0.39 is 11.8 Å². The van der Waals surface area contributed by atoms with Gasteiger partial charge in [-0.2, -0.15) is 0 Å². The minimum absolute atomic E-state index is 0.0947. The number of methoxy groups -OCH3 is 1. The molecule has 158 valence electrons. The van der Waals surface area contributed by atoms with Crippen LogP contribution in [0, 0.1) is 26.7 Å². The normalized spacial score (nSPS) is 20.1. The van der Waals surface area contributed by atoms with E-state index in [-0.39, 0.29) is 17.8 Å². The maximum Gasteiger partial charge on any atom is 0.314 e. The molecule has 1 aliphatic heterocycles. The molecule has 0 bridgehead atoms. The third-order valence-corrected chi connectivity index (χ3v) is 5.84. The second-order valence-electron chi connectivity index (χ2n) is 8.59. The summed E-state index contributed by atoms with van der Waals surface area (Å²) in [5.41, 5.74) is 3.26. The van der Waals surface area contributed by atoms with Gasteiger partial charge < -0.3 is 9.47 Å². The van der Waals surface area contributed by atoms with E-state index in [1.807, 2.05) is 46.8 Å². The lowest BCUT2D eigenvalue weighted by Crippen LogP contribution is -2.46. The van der Waals surface area contributed by atoms with Crippen LogP contribution in [0.3, 0.4) is 0 Å². The Bertz CT molecular complexity index is 843. The zero-order valence-corrected chi connectivity index (χ0v) is 18.4. The van der Waals surface area contributed by atoms with Gasteiger partial charge in [-0.25, -0.2) is 9.90 Å². The van der Waals surface area contributed by atoms with Crippen LogP contribution in [0.25, 0.3) is 5.57 Å². The molecule has 29 heavy (non-hydrogen) atoms. The van der Waals surface area contributed by atoms with Gasteiger partial charge in [-0.3, -0.25) is 9.59 Å². The highest BCUT2D eigenvalue weighted by Gasteiger charge is 2.51. The van der Waals surface area contributed by atoms with Crippen molar-refractivity contribution in [1.29, 1.82) is 0 Å². The summed E-state index contributed by atoms with van der Waals surface area (Å²) in [7, 11) is 1.51. The van der Waals surface area contributed by atoms with Gasteiger partial charge in [0.05, 0.1) is 11.5 Å². The van der Waals surface area contributed by atoms with Crippen molar-refractivity contribution in [3.05, 3.63) is 40.1 Å². The van der Waals surface area contributed by atoms with Gasteiger partial charge in [-0.15, -0.1) is 0 Å². The van der Waals surface area contributed by atoms with E-state index in [4.69, 9.17) is 14.3 Å². The highest BCUT2D eigenvalue weighted by Crippen LogP contribution is 2.44. The lowest BCUT2D eigenvalue weighted by atomic mass is 9.85. The molecule has 1 unspecified atom stereocenters. The van der Waals surface area contributed by atoms with Gasteiger partial charge in [-0.05, 0) is 71.1 Å². The number of hydrogen-bond acceptors (Lipinski definition) is 5. The maximum absolute atomic E-state index is 13.5. The van der Waals surface area contributed by atoms with Crippen LogP contribution in [0.5, 0.6) is 0 Å². The van der Waals surface area contributed by atoms with Crippen molar-refractivity contribution in [2.75, 3.05) is 7.11 Å². The van der Waals surface area contributed by atoms with Crippen LogP contribution in [0.2, 0.25) is 0 Å². The number of hydroxylamine groups is 2. The summed E-state index contributed by atoms with van der Waals surface area (Å²) in [6.07, 6.45) is 2.07. The lowest BCUT2D eigenvalue weighted by Gasteiger charge is -2.34. The van der Waals surface area contributed by atoms with E-state index >= 15 is 0 Å². The molecule has 1 heterocycles. The molecule has 1 saturated carbocycles. The maximum atomic E-state index is 13.5. The van der Waals surface area contributed by atoms with Crippen LogP contribution in [0.15, 0.2) is 17.9 Å². The molecule has 1 amide bonds. The van der Waals surface area contributed by atoms with Gasteiger partial charge in [-0.1, -0.05) is 24.1 Å². The van der Waals surface area contributed by atoms with E-state index in [9.17, 15) is 9.59 Å². The predicted octanol–water partition coefficient (Wildman–Crippen LogP) is 4.21. The standard InChI is InChI=1S/C23H31NO5/c1-13-11-14(2)18(15(3)12-13)19-20(28-22(26)17-9-8-10-17)23(5,6)24(21(19)25)29-16(4)27-7/h11-12,16-17H,8-10H2,1-7H3. The van der Waals surface area contributed by atoms with Gasteiger partial charge >= 0.3 is 5.97 Å². The molecule has 6 heteroatoms. The number of esters is 1. The summed E-state index contributed by atoms with van der Waals surface area (Å²) < 4.78 is 11.1. The van der Waals surface area contributed by atoms with Crippen molar-refractivity contribution in [2.45, 2.75) is 72.6 Å². The average Bonchev–Trinajstić information content (AvgIpc) is 2.74. The first-order chi connectivity index (χ1) is 13.6. The Labute approximate surface area is 172 Å². The Hall–Kier alpha value is -2.18. The highest BCUT2D eigenvalue weighted by atomic mass is 16.8. The molecular formula is C23H31NO5. The van der Waals surface area contributed by atoms with Crippen LogP contribution < -0.4 is 0 Å². The average molecular weight is 402 g/mol. The molecule has 1 aliphatic carbocycles. The van der Waals surface area contributed by atoms with Gasteiger partial charge in [0, 0.05) is 7.11 Å². The molecule has 1 atom stereocenters. The molecule has 1 aromatic rings. The Morgan fingerprint density at radius 1 is 1.17 bits per heavy atom. The van der Waals surface area contributed by atoms with E-state index in [0.717, 1.165) is 41.5 Å². The van der Waals surface area contributed by atoms with Crippen LogP contribution in [-0.4, -0.2) is 35.9 Å². The first-order valence-electron chi connectivity index (χ1n) is 10.2. The molecule has 2 aliphatic rings. The van der Waals surface area contributed by atoms with E-state index in [1.165, 1.54) is 12.2 Å². The zero-order valence-electron chi connectivity index (χ0n) is 18.4. The summed E-state index contributed by atoms with van der Waals surface area (Å²) in [6.45, 7) is 11.3. The summed E-state index contributed by atoms with van der Waals surface area (Å²) in [5.74, 6) is -0.348. The van der Waals surface area contributed by atoms with Crippen molar-refractivity contribution in [2.24, 2.45) is 5.92 Å². The van der Waals surface area contributed by atoms with Crippen LogP contribution >= 0.6 is 0 Å². The van der Waals surface area contributed by atoms with Gasteiger partial charge in [0.2, 0.25) is 0 Å². The summed E-state index contributed by atoms with van der Waals surface area (Å²) >= 11 is 0. The molecule has 0 saturated heterocycles. The van der Waals surface area contributed by atoms with Gasteiger partial charge in [0.25, 0.3) is 5.91 Å². The van der Waals surface area contributed by atoms with Crippen molar-refractivity contribution >= 4 is 17.4 Å². The number of benzene rings is 1. The van der Waals surface area contributed by atoms with Crippen LogP contribution in [-0.2, 0) is 23.9 Å². The monoisotopic (exact) mass is 401 g/mol. The molecule has 0 N–H and O–H groups in total. The van der Waals surface area contributed by atoms with Crippen LogP contribution in [0.1, 0.15) is 62.3 Å². The third-order valence-electron chi connectivity index (χ3n) is 5.84. The van der Waals surface area contributed by atoms with Crippen molar-refractivity contribution < 1.29 is 23.9 Å². The number of aryl methyl sites for hydroxylation is 3. The van der Waals surface area contributed by atoms with Gasteiger partial charge in [0.1, 0.15) is 11.3 Å². The fourth-order valence-electron chi connectivity index (χ4n) is 4.02.